The van der Waals surface area contributed by atoms with E-state index in [1.165, 1.54) is 4.90 Å². The molecule has 0 saturated carbocycles. The third-order valence-electron chi connectivity index (χ3n) is 4.07. The largest absolute Gasteiger partial charge is 0.415 e. The lowest BCUT2D eigenvalue weighted by Crippen LogP contribution is -2.49. The molecule has 1 amide bonds. The molecule has 140 valence electrons. The number of halogens is 5. The quantitative estimate of drug-likeness (QED) is 0.345. The van der Waals surface area contributed by atoms with Crippen molar-refractivity contribution in [2.24, 2.45) is 0 Å². The van der Waals surface area contributed by atoms with Crippen molar-refractivity contribution in [1.29, 1.82) is 0 Å². The van der Waals surface area contributed by atoms with Gasteiger partial charge in [0.1, 0.15) is 0 Å². The Labute approximate surface area is 142 Å². The van der Waals surface area contributed by atoms with Crippen molar-refractivity contribution in [1.82, 2.24) is 9.80 Å². The molecule has 0 spiro atoms. The van der Waals surface area contributed by atoms with Gasteiger partial charge in [0.05, 0.1) is 0 Å². The molecule has 1 aliphatic rings. The fraction of sp³-hybridized carbons (Fsp3) is 0.562. The molecule has 1 saturated heterocycles. The summed E-state index contributed by atoms with van der Waals surface area (Å²) in [5.74, 6) is -12.5. The van der Waals surface area contributed by atoms with Crippen molar-refractivity contribution in [3.63, 3.8) is 0 Å². The number of amides is 1. The van der Waals surface area contributed by atoms with Gasteiger partial charge < -0.3 is 9.64 Å². The first-order chi connectivity index (χ1) is 11.9. The van der Waals surface area contributed by atoms with Crippen LogP contribution in [-0.2, 0) is 0 Å². The van der Waals surface area contributed by atoms with Gasteiger partial charge in [0.15, 0.2) is 0 Å². The topological polar surface area (TPSA) is 32.8 Å². The van der Waals surface area contributed by atoms with Crippen molar-refractivity contribution in [2.45, 2.75) is 26.2 Å². The Bertz CT molecular complexity index is 604. The Morgan fingerprint density at radius 2 is 1.40 bits per heavy atom. The van der Waals surface area contributed by atoms with Gasteiger partial charge in [0.25, 0.3) is 0 Å². The zero-order chi connectivity index (χ0) is 18.6. The molecular weight excluding hydrogens is 347 g/mol. The number of ether oxygens (including phenoxy) is 1. The molecule has 4 nitrogen and oxygen atoms in total. The van der Waals surface area contributed by atoms with E-state index < -0.39 is 40.9 Å². The van der Waals surface area contributed by atoms with Crippen LogP contribution >= 0.6 is 0 Å². The van der Waals surface area contributed by atoms with E-state index in [1.54, 1.807) is 0 Å². The maximum atomic E-state index is 13.5. The fourth-order valence-corrected chi connectivity index (χ4v) is 2.57. The molecule has 1 fully saturated rings. The van der Waals surface area contributed by atoms with Gasteiger partial charge in [-0.1, -0.05) is 19.8 Å². The van der Waals surface area contributed by atoms with Gasteiger partial charge in [-0.05, 0) is 13.0 Å². The van der Waals surface area contributed by atoms with Crippen molar-refractivity contribution in [2.75, 3.05) is 32.7 Å². The van der Waals surface area contributed by atoms with Crippen LogP contribution in [0.4, 0.5) is 26.7 Å². The van der Waals surface area contributed by atoms with Gasteiger partial charge in [0, 0.05) is 26.2 Å². The maximum Gasteiger partial charge on any atom is 0.415 e. The molecule has 1 heterocycles. The summed E-state index contributed by atoms with van der Waals surface area (Å²) in [6, 6.07) is 0. The smallest absolute Gasteiger partial charge is 0.404 e. The second-order valence-electron chi connectivity index (χ2n) is 5.80. The predicted molar refractivity (Wildman–Crippen MR) is 79.8 cm³/mol. The molecule has 1 aliphatic heterocycles. The number of hydrogen-bond acceptors (Lipinski definition) is 3. The summed E-state index contributed by atoms with van der Waals surface area (Å²) in [5.41, 5.74) is 0. The Hall–Kier alpha value is -1.90. The second-order valence-corrected chi connectivity index (χ2v) is 5.80. The number of nitrogens with zero attached hydrogens (tertiary/aromatic N) is 2. The molecule has 9 heteroatoms. The third kappa shape index (κ3) is 4.39. The number of unbranched alkanes of at least 4 members (excludes halogenated alkanes) is 2. The highest BCUT2D eigenvalue weighted by Gasteiger charge is 2.30. The average molecular weight is 366 g/mol. The highest BCUT2D eigenvalue weighted by atomic mass is 19.2. The van der Waals surface area contributed by atoms with Gasteiger partial charge in [-0.25, -0.2) is 18.0 Å². The van der Waals surface area contributed by atoms with E-state index in [4.69, 9.17) is 0 Å². The minimum absolute atomic E-state index is 0.250. The minimum Gasteiger partial charge on any atom is -0.404 e. The molecule has 0 aromatic heterocycles. The van der Waals surface area contributed by atoms with Crippen LogP contribution in [0.3, 0.4) is 0 Å². The average Bonchev–Trinajstić information content (AvgIpc) is 2.62. The maximum absolute atomic E-state index is 13.5. The number of piperazine rings is 1. The number of benzene rings is 1. The van der Waals surface area contributed by atoms with Gasteiger partial charge in [-0.2, -0.15) is 8.78 Å². The van der Waals surface area contributed by atoms with Gasteiger partial charge in [-0.15, -0.1) is 0 Å². The first-order valence-corrected chi connectivity index (χ1v) is 8.07. The van der Waals surface area contributed by atoms with E-state index in [-0.39, 0.29) is 13.1 Å². The van der Waals surface area contributed by atoms with Crippen LogP contribution in [0, 0.1) is 29.1 Å². The van der Waals surface area contributed by atoms with E-state index in [9.17, 15) is 26.7 Å². The van der Waals surface area contributed by atoms with Gasteiger partial charge in [0.2, 0.25) is 34.8 Å². The zero-order valence-corrected chi connectivity index (χ0v) is 13.8. The van der Waals surface area contributed by atoms with Crippen LogP contribution in [-0.4, -0.2) is 48.6 Å². The molecule has 0 N–H and O–H groups in total. The van der Waals surface area contributed by atoms with Crippen LogP contribution in [0.2, 0.25) is 0 Å². The van der Waals surface area contributed by atoms with Crippen LogP contribution in [0.5, 0.6) is 5.75 Å². The Morgan fingerprint density at radius 3 is 1.92 bits per heavy atom. The van der Waals surface area contributed by atoms with Gasteiger partial charge >= 0.3 is 6.09 Å². The lowest BCUT2D eigenvalue weighted by molar-refractivity contribution is 0.107. The number of rotatable bonds is 5. The summed E-state index contributed by atoms with van der Waals surface area (Å²) in [7, 11) is 0. The monoisotopic (exact) mass is 366 g/mol. The van der Waals surface area contributed by atoms with Crippen molar-refractivity contribution in [3.05, 3.63) is 29.1 Å². The first-order valence-electron chi connectivity index (χ1n) is 8.07. The third-order valence-corrected chi connectivity index (χ3v) is 4.07. The molecule has 0 unspecified atom stereocenters. The van der Waals surface area contributed by atoms with E-state index in [2.05, 4.69) is 16.6 Å². The van der Waals surface area contributed by atoms with Crippen LogP contribution in [0.25, 0.3) is 0 Å². The number of carbonyl (C=O) groups is 1. The lowest BCUT2D eigenvalue weighted by Gasteiger charge is -2.34. The lowest BCUT2D eigenvalue weighted by atomic mass is 10.2. The van der Waals surface area contributed by atoms with Crippen molar-refractivity contribution < 1.29 is 31.5 Å². The Morgan fingerprint density at radius 1 is 0.880 bits per heavy atom. The predicted octanol–water partition coefficient (Wildman–Crippen LogP) is 3.69. The highest BCUT2D eigenvalue weighted by molar-refractivity contribution is 5.71. The van der Waals surface area contributed by atoms with E-state index in [1.807, 2.05) is 0 Å². The molecule has 0 atom stereocenters. The Balaban J connectivity index is 1.98. The van der Waals surface area contributed by atoms with Crippen molar-refractivity contribution in [3.8, 4) is 5.75 Å². The molecule has 1 aromatic carbocycles. The van der Waals surface area contributed by atoms with E-state index in [0.29, 0.717) is 13.1 Å². The highest BCUT2D eigenvalue weighted by Crippen LogP contribution is 2.29. The summed E-state index contributed by atoms with van der Waals surface area (Å²) in [4.78, 5) is 15.3. The summed E-state index contributed by atoms with van der Waals surface area (Å²) >= 11 is 0. The van der Waals surface area contributed by atoms with Crippen molar-refractivity contribution >= 4 is 6.09 Å². The standard InChI is InChI=1S/C16H19F5N2O2/c1-2-3-4-5-22-6-8-23(9-7-22)16(24)25-15-13(20)11(18)10(17)12(19)14(15)21/h2-9H2,1H3. The van der Waals surface area contributed by atoms with E-state index in [0.717, 1.165) is 25.8 Å². The number of carbonyl (C=O) groups excluding carboxylic acids is 1. The first kappa shape index (κ1) is 19.4. The molecule has 2 rings (SSSR count). The molecule has 0 aliphatic carbocycles. The Kier molecular flexibility index (Phi) is 6.57. The summed E-state index contributed by atoms with van der Waals surface area (Å²) in [5, 5.41) is 0. The summed E-state index contributed by atoms with van der Waals surface area (Å²) < 4.78 is 70.7. The summed E-state index contributed by atoms with van der Waals surface area (Å²) in [6.45, 7) is 4.58. The van der Waals surface area contributed by atoms with Crippen LogP contribution < -0.4 is 4.74 Å². The number of hydrogen-bond donors (Lipinski definition) is 0. The molecule has 25 heavy (non-hydrogen) atoms. The molecule has 1 aromatic rings. The summed E-state index contributed by atoms with van der Waals surface area (Å²) in [6.07, 6.45) is 2.08. The molecule has 0 radical (unpaired) electrons. The van der Waals surface area contributed by atoms with Crippen LogP contribution in [0.1, 0.15) is 26.2 Å². The van der Waals surface area contributed by atoms with Crippen LogP contribution in [0.15, 0.2) is 0 Å². The normalized spacial score (nSPS) is 15.5. The second kappa shape index (κ2) is 8.46. The fourth-order valence-electron chi connectivity index (χ4n) is 2.57. The zero-order valence-electron chi connectivity index (χ0n) is 13.8. The molecular formula is C16H19F5N2O2. The SMILES string of the molecule is CCCCCN1CCN(C(=O)Oc2c(F)c(F)c(F)c(F)c2F)CC1. The van der Waals surface area contributed by atoms with Gasteiger partial charge in [-0.3, -0.25) is 4.90 Å². The minimum atomic E-state index is -2.30. The van der Waals surface area contributed by atoms with E-state index >= 15 is 0 Å². The molecule has 0 bridgehead atoms.